The zero-order chi connectivity index (χ0) is 23.5. The molecule has 0 fully saturated rings. The first-order chi connectivity index (χ1) is 16.7. The van der Waals surface area contributed by atoms with Gasteiger partial charge in [-0.3, -0.25) is 9.98 Å². The maximum atomic E-state index is 4.83. The van der Waals surface area contributed by atoms with Crippen molar-refractivity contribution in [2.24, 2.45) is 4.99 Å². The second-order valence-corrected chi connectivity index (χ2v) is 8.28. The molecule has 164 valence electrons. The summed E-state index contributed by atoms with van der Waals surface area (Å²) in [6.45, 7) is 9.66. The van der Waals surface area contributed by atoms with Crippen molar-refractivity contribution in [3.05, 3.63) is 122 Å². The molecular formula is C32H26N2. The van der Waals surface area contributed by atoms with E-state index in [0.29, 0.717) is 6.42 Å². The highest BCUT2D eigenvalue weighted by molar-refractivity contribution is 6.25. The van der Waals surface area contributed by atoms with Gasteiger partial charge in [0.25, 0.3) is 0 Å². The first-order valence-electron chi connectivity index (χ1n) is 11.5. The van der Waals surface area contributed by atoms with Crippen LogP contribution in [0.1, 0.15) is 19.0 Å². The van der Waals surface area contributed by atoms with Gasteiger partial charge in [-0.1, -0.05) is 91.5 Å². The van der Waals surface area contributed by atoms with Crippen LogP contribution in [-0.2, 0) is 0 Å². The molecule has 0 unspecified atom stereocenters. The van der Waals surface area contributed by atoms with Gasteiger partial charge in [0.1, 0.15) is 0 Å². The molecular weight excluding hydrogens is 412 g/mol. The minimum atomic E-state index is 0.715. The summed E-state index contributed by atoms with van der Waals surface area (Å²) < 4.78 is 0. The van der Waals surface area contributed by atoms with Crippen LogP contribution in [0.5, 0.6) is 0 Å². The third kappa shape index (κ3) is 3.74. The molecule has 0 aliphatic heterocycles. The highest BCUT2D eigenvalue weighted by atomic mass is 14.8. The lowest BCUT2D eigenvalue weighted by Gasteiger charge is -2.14. The highest BCUT2D eigenvalue weighted by Crippen LogP contribution is 2.39. The summed E-state index contributed by atoms with van der Waals surface area (Å²) in [5.41, 5.74) is 5.00. The molecule has 0 N–H and O–H groups in total. The minimum absolute atomic E-state index is 0.715. The van der Waals surface area contributed by atoms with Crippen LogP contribution in [0.15, 0.2) is 121 Å². The summed E-state index contributed by atoms with van der Waals surface area (Å²) in [6, 6.07) is 24.0. The third-order valence-corrected chi connectivity index (χ3v) is 6.19. The molecule has 5 rings (SSSR count). The Labute approximate surface area is 200 Å². The zero-order valence-corrected chi connectivity index (χ0v) is 19.3. The van der Waals surface area contributed by atoms with Crippen LogP contribution in [0.4, 0.5) is 0 Å². The Morgan fingerprint density at radius 2 is 1.62 bits per heavy atom. The fraction of sp³-hybridized carbons (Fsp3) is 0.0625. The summed E-state index contributed by atoms with van der Waals surface area (Å²) in [4.78, 5) is 9.46. The number of aromatic nitrogens is 1. The molecule has 0 spiro atoms. The smallest absolute Gasteiger partial charge is 0.0921 e. The van der Waals surface area contributed by atoms with E-state index in [1.165, 1.54) is 37.9 Å². The van der Waals surface area contributed by atoms with Crippen LogP contribution < -0.4 is 0 Å². The molecule has 5 aromatic rings. The second kappa shape index (κ2) is 9.29. The van der Waals surface area contributed by atoms with Crippen molar-refractivity contribution in [2.45, 2.75) is 13.3 Å². The standard InChI is InChI=1S/C32H26N2/c1-4-8-25(9-5-2)32(33-20-6-3)29-19-16-26(21-34-29)27-17-14-24-13-12-22-10-7-11-23-15-18-28(27)31(24)30(22)23/h4-7,9-21H,1,3,8H2,2H3/b9-5-,32-25+,33-20?. The molecule has 0 atom stereocenters. The fourth-order valence-corrected chi connectivity index (χ4v) is 4.72. The van der Waals surface area contributed by atoms with E-state index >= 15 is 0 Å². The number of rotatable bonds is 7. The quantitative estimate of drug-likeness (QED) is 0.108. The van der Waals surface area contributed by atoms with Crippen LogP contribution in [0.3, 0.4) is 0 Å². The number of allylic oxidation sites excluding steroid dienone is 5. The van der Waals surface area contributed by atoms with Crippen LogP contribution >= 0.6 is 0 Å². The topological polar surface area (TPSA) is 25.2 Å². The number of aliphatic imine (C=N–C) groups is 1. The van der Waals surface area contributed by atoms with E-state index in [-0.39, 0.29) is 0 Å². The van der Waals surface area contributed by atoms with Crippen LogP contribution in [0.2, 0.25) is 0 Å². The van der Waals surface area contributed by atoms with Crippen LogP contribution in [0.25, 0.3) is 49.1 Å². The Morgan fingerprint density at radius 1 is 0.882 bits per heavy atom. The summed E-state index contributed by atoms with van der Waals surface area (Å²) in [7, 11) is 0. The molecule has 0 aliphatic rings. The molecule has 2 nitrogen and oxygen atoms in total. The van der Waals surface area contributed by atoms with E-state index < -0.39 is 0 Å². The molecule has 4 aromatic carbocycles. The summed E-state index contributed by atoms with van der Waals surface area (Å²) in [5, 5.41) is 7.70. The molecule has 34 heavy (non-hydrogen) atoms. The predicted molar refractivity (Wildman–Crippen MR) is 149 cm³/mol. The van der Waals surface area contributed by atoms with Gasteiger partial charge in [0.05, 0.1) is 11.4 Å². The minimum Gasteiger partial charge on any atom is -0.254 e. The molecule has 0 amide bonds. The number of nitrogens with zero attached hydrogens (tertiary/aromatic N) is 2. The highest BCUT2D eigenvalue weighted by Gasteiger charge is 2.13. The largest absolute Gasteiger partial charge is 0.254 e. The molecule has 0 aliphatic carbocycles. The Bertz CT molecular complexity index is 1580. The molecule has 1 aromatic heterocycles. The Hall–Kier alpha value is -4.30. The number of hydrogen-bond donors (Lipinski definition) is 0. The van der Waals surface area contributed by atoms with E-state index in [0.717, 1.165) is 22.5 Å². The number of benzene rings is 4. The van der Waals surface area contributed by atoms with Gasteiger partial charge >= 0.3 is 0 Å². The van der Waals surface area contributed by atoms with Gasteiger partial charge in [0, 0.05) is 18.0 Å². The first-order valence-corrected chi connectivity index (χ1v) is 11.5. The number of pyridine rings is 1. The predicted octanol–water partition coefficient (Wildman–Crippen LogP) is 8.77. The van der Waals surface area contributed by atoms with E-state index in [1.807, 2.05) is 25.3 Å². The molecule has 0 bridgehead atoms. The van der Waals surface area contributed by atoms with Gasteiger partial charge in [-0.05, 0) is 62.9 Å². The van der Waals surface area contributed by atoms with Crippen molar-refractivity contribution >= 4 is 44.2 Å². The van der Waals surface area contributed by atoms with Gasteiger partial charge in [0.2, 0.25) is 0 Å². The monoisotopic (exact) mass is 438 g/mol. The van der Waals surface area contributed by atoms with E-state index in [2.05, 4.69) is 91.0 Å². The van der Waals surface area contributed by atoms with Crippen LogP contribution in [-0.4, -0.2) is 11.2 Å². The Balaban J connectivity index is 1.66. The summed E-state index contributed by atoms with van der Waals surface area (Å²) in [6.07, 6.45) is 12.0. The summed E-state index contributed by atoms with van der Waals surface area (Å²) >= 11 is 0. The average Bonchev–Trinajstić information content (AvgIpc) is 2.88. The Kier molecular flexibility index (Phi) is 5.88. The van der Waals surface area contributed by atoms with Crippen LogP contribution in [0, 0.1) is 0 Å². The van der Waals surface area contributed by atoms with Gasteiger partial charge in [-0.15, -0.1) is 6.58 Å². The fourth-order valence-electron chi connectivity index (χ4n) is 4.72. The lowest BCUT2D eigenvalue weighted by molar-refractivity contribution is 1.21. The second-order valence-electron chi connectivity index (χ2n) is 8.28. The molecule has 1 heterocycles. The first kappa shape index (κ1) is 21.5. The van der Waals surface area contributed by atoms with Gasteiger partial charge < -0.3 is 0 Å². The summed E-state index contributed by atoms with van der Waals surface area (Å²) in [5.74, 6) is 0. The van der Waals surface area contributed by atoms with Crippen molar-refractivity contribution in [1.29, 1.82) is 0 Å². The van der Waals surface area contributed by atoms with Crippen molar-refractivity contribution in [3.8, 4) is 11.1 Å². The van der Waals surface area contributed by atoms with Crippen molar-refractivity contribution in [2.75, 3.05) is 0 Å². The van der Waals surface area contributed by atoms with E-state index in [1.54, 1.807) is 12.3 Å². The molecule has 0 radical (unpaired) electrons. The van der Waals surface area contributed by atoms with Gasteiger partial charge in [-0.25, -0.2) is 0 Å². The lowest BCUT2D eigenvalue weighted by Crippen LogP contribution is -1.93. The SMILES string of the molecule is C=CC=N/C(=C(/C=C\C)CC=C)c1ccc(-c2ccc3ccc4cccc5ccc2c3c45)cn1. The normalized spacial score (nSPS) is 12.9. The third-order valence-electron chi connectivity index (χ3n) is 6.19. The van der Waals surface area contributed by atoms with Crippen molar-refractivity contribution in [1.82, 2.24) is 4.98 Å². The average molecular weight is 439 g/mol. The molecule has 2 heteroatoms. The number of hydrogen-bond acceptors (Lipinski definition) is 2. The Morgan fingerprint density at radius 3 is 2.29 bits per heavy atom. The zero-order valence-electron chi connectivity index (χ0n) is 19.3. The lowest BCUT2D eigenvalue weighted by atomic mass is 9.90. The van der Waals surface area contributed by atoms with E-state index in [4.69, 9.17) is 4.98 Å². The maximum absolute atomic E-state index is 4.83. The molecule has 0 saturated heterocycles. The maximum Gasteiger partial charge on any atom is 0.0921 e. The van der Waals surface area contributed by atoms with Crippen molar-refractivity contribution < 1.29 is 0 Å². The van der Waals surface area contributed by atoms with Gasteiger partial charge in [0.15, 0.2) is 0 Å². The van der Waals surface area contributed by atoms with Gasteiger partial charge in [-0.2, -0.15) is 0 Å². The van der Waals surface area contributed by atoms with Crippen molar-refractivity contribution in [3.63, 3.8) is 0 Å². The van der Waals surface area contributed by atoms with E-state index in [9.17, 15) is 0 Å². The molecule has 0 saturated carbocycles.